The Balaban J connectivity index is 1.44. The van der Waals surface area contributed by atoms with Crippen LogP contribution in [0.5, 0.6) is 0 Å². The number of aromatic carboxylic acids is 1. The first-order chi connectivity index (χ1) is 14.0. The molecule has 2 aromatic carbocycles. The van der Waals surface area contributed by atoms with Crippen molar-refractivity contribution >= 4 is 40.5 Å². The van der Waals surface area contributed by atoms with Crippen molar-refractivity contribution in [2.24, 2.45) is 5.92 Å². The Labute approximate surface area is 175 Å². The van der Waals surface area contributed by atoms with Gasteiger partial charge in [-0.15, -0.1) is 0 Å². The van der Waals surface area contributed by atoms with Gasteiger partial charge >= 0.3 is 5.97 Å². The monoisotopic (exact) mass is 413 g/mol. The summed E-state index contributed by atoms with van der Waals surface area (Å²) in [5, 5.41) is 13.2. The molecule has 1 aliphatic heterocycles. The predicted octanol–water partition coefficient (Wildman–Crippen LogP) is 4.10. The summed E-state index contributed by atoms with van der Waals surface area (Å²) in [7, 11) is 0. The van der Waals surface area contributed by atoms with Crippen LogP contribution in [0.1, 0.15) is 29.6 Å². The maximum absolute atomic E-state index is 12.2. The summed E-state index contributed by atoms with van der Waals surface area (Å²) in [4.78, 5) is 28.5. The highest BCUT2D eigenvalue weighted by Gasteiger charge is 2.27. The number of carbonyl (C=O) groups excluding carboxylic acids is 1. The summed E-state index contributed by atoms with van der Waals surface area (Å²) in [6.07, 6.45) is 2.82. The number of carbonyl (C=O) groups is 2. The molecule has 1 heterocycles. The minimum atomic E-state index is -1.03. The molecule has 29 heavy (non-hydrogen) atoms. The second-order valence-electron chi connectivity index (χ2n) is 7.60. The number of carboxylic acid groups (broad SMARTS) is 1. The SMILES string of the molecule is O=C(O)c1cc(N2CCN(c3ccc(Cl)cc3)CC2)ccc1NC(=O)C1CCC1. The van der Waals surface area contributed by atoms with Crippen LogP contribution in [0.3, 0.4) is 0 Å². The number of hydrogen-bond donors (Lipinski definition) is 2. The fourth-order valence-electron chi connectivity index (χ4n) is 3.79. The molecule has 2 aromatic rings. The lowest BCUT2D eigenvalue weighted by molar-refractivity contribution is -0.122. The normalized spacial score (nSPS) is 17.0. The molecule has 2 fully saturated rings. The van der Waals surface area contributed by atoms with Crippen molar-refractivity contribution in [1.82, 2.24) is 0 Å². The van der Waals surface area contributed by atoms with E-state index in [1.807, 2.05) is 30.3 Å². The smallest absolute Gasteiger partial charge is 0.337 e. The Morgan fingerprint density at radius 3 is 2.07 bits per heavy atom. The van der Waals surface area contributed by atoms with E-state index < -0.39 is 5.97 Å². The highest BCUT2D eigenvalue weighted by Crippen LogP contribution is 2.30. The van der Waals surface area contributed by atoms with Gasteiger partial charge in [-0.1, -0.05) is 18.0 Å². The molecule has 0 aromatic heterocycles. The van der Waals surface area contributed by atoms with Crippen LogP contribution < -0.4 is 15.1 Å². The molecule has 1 amide bonds. The van der Waals surface area contributed by atoms with E-state index in [-0.39, 0.29) is 17.4 Å². The van der Waals surface area contributed by atoms with Gasteiger partial charge in [0.15, 0.2) is 0 Å². The van der Waals surface area contributed by atoms with E-state index >= 15 is 0 Å². The second kappa shape index (κ2) is 8.33. The minimum absolute atomic E-state index is 0.0114. The van der Waals surface area contributed by atoms with Crippen LogP contribution in [0.4, 0.5) is 17.1 Å². The van der Waals surface area contributed by atoms with E-state index in [0.29, 0.717) is 5.69 Å². The Bertz CT molecular complexity index is 904. The average Bonchev–Trinajstić information content (AvgIpc) is 2.67. The van der Waals surface area contributed by atoms with Gasteiger partial charge < -0.3 is 20.2 Å². The number of benzene rings is 2. The van der Waals surface area contributed by atoms with E-state index in [4.69, 9.17) is 11.6 Å². The van der Waals surface area contributed by atoms with Crippen LogP contribution >= 0.6 is 11.6 Å². The Morgan fingerprint density at radius 2 is 1.52 bits per heavy atom. The standard InChI is InChI=1S/C22H24ClN3O3/c23-16-4-6-17(7-5-16)25-10-12-26(13-11-25)18-8-9-20(19(14-18)22(28)29)24-21(27)15-2-1-3-15/h4-9,14-15H,1-3,10-13H2,(H,24,27)(H,28,29). The zero-order valence-corrected chi connectivity index (χ0v) is 16.9. The maximum Gasteiger partial charge on any atom is 0.337 e. The predicted molar refractivity (Wildman–Crippen MR) is 115 cm³/mol. The average molecular weight is 414 g/mol. The number of nitrogens with zero attached hydrogens (tertiary/aromatic N) is 2. The van der Waals surface area contributed by atoms with Gasteiger partial charge in [-0.25, -0.2) is 4.79 Å². The number of carboxylic acids is 1. The Hall–Kier alpha value is -2.73. The lowest BCUT2D eigenvalue weighted by Crippen LogP contribution is -2.46. The van der Waals surface area contributed by atoms with E-state index in [2.05, 4.69) is 15.1 Å². The molecule has 7 heteroatoms. The maximum atomic E-state index is 12.2. The first-order valence-corrected chi connectivity index (χ1v) is 10.3. The third-order valence-electron chi connectivity index (χ3n) is 5.80. The number of piperazine rings is 1. The molecule has 1 aliphatic carbocycles. The molecule has 1 saturated heterocycles. The molecule has 4 rings (SSSR count). The number of amides is 1. The van der Waals surface area contributed by atoms with E-state index in [1.54, 1.807) is 12.1 Å². The number of halogens is 1. The molecule has 2 aliphatic rings. The fraction of sp³-hybridized carbons (Fsp3) is 0.364. The van der Waals surface area contributed by atoms with E-state index in [9.17, 15) is 14.7 Å². The third kappa shape index (κ3) is 4.32. The van der Waals surface area contributed by atoms with Crippen molar-refractivity contribution in [1.29, 1.82) is 0 Å². The van der Waals surface area contributed by atoms with Gasteiger partial charge in [-0.3, -0.25) is 4.79 Å². The summed E-state index contributed by atoms with van der Waals surface area (Å²) < 4.78 is 0. The van der Waals surface area contributed by atoms with Crippen LogP contribution in [0.2, 0.25) is 5.02 Å². The number of rotatable bonds is 5. The molecule has 0 atom stereocenters. The summed E-state index contributed by atoms with van der Waals surface area (Å²) >= 11 is 5.97. The van der Waals surface area contributed by atoms with E-state index in [1.165, 1.54) is 0 Å². The number of nitrogens with one attached hydrogen (secondary N) is 1. The van der Waals surface area contributed by atoms with Crippen molar-refractivity contribution in [3.05, 3.63) is 53.1 Å². The Kier molecular flexibility index (Phi) is 5.62. The highest BCUT2D eigenvalue weighted by molar-refractivity contribution is 6.30. The number of hydrogen-bond acceptors (Lipinski definition) is 4. The number of anilines is 3. The van der Waals surface area contributed by atoms with Crippen molar-refractivity contribution < 1.29 is 14.7 Å². The third-order valence-corrected chi connectivity index (χ3v) is 6.06. The van der Waals surface area contributed by atoms with Crippen molar-refractivity contribution in [2.45, 2.75) is 19.3 Å². The van der Waals surface area contributed by atoms with Crippen molar-refractivity contribution in [2.75, 3.05) is 41.3 Å². The van der Waals surface area contributed by atoms with Gasteiger partial charge in [-0.05, 0) is 55.3 Å². The van der Waals surface area contributed by atoms with Crippen molar-refractivity contribution in [3.8, 4) is 0 Å². The first-order valence-electron chi connectivity index (χ1n) is 9.95. The van der Waals surface area contributed by atoms with Crippen LogP contribution in [0, 0.1) is 5.92 Å². The molecule has 0 unspecified atom stereocenters. The molecular weight excluding hydrogens is 390 g/mol. The second-order valence-corrected chi connectivity index (χ2v) is 8.04. The highest BCUT2D eigenvalue weighted by atomic mass is 35.5. The van der Waals surface area contributed by atoms with Crippen molar-refractivity contribution in [3.63, 3.8) is 0 Å². The summed E-state index contributed by atoms with van der Waals surface area (Å²) in [6.45, 7) is 3.25. The molecule has 1 saturated carbocycles. The lowest BCUT2D eigenvalue weighted by Gasteiger charge is -2.37. The zero-order valence-electron chi connectivity index (χ0n) is 16.1. The molecule has 0 spiro atoms. The molecule has 6 nitrogen and oxygen atoms in total. The van der Waals surface area contributed by atoms with Gasteiger partial charge in [0.25, 0.3) is 0 Å². The molecular formula is C22H24ClN3O3. The molecule has 0 radical (unpaired) electrons. The van der Waals surface area contributed by atoms with E-state index in [0.717, 1.165) is 61.8 Å². The molecule has 152 valence electrons. The Morgan fingerprint density at radius 1 is 0.931 bits per heavy atom. The zero-order chi connectivity index (χ0) is 20.4. The fourth-order valence-corrected chi connectivity index (χ4v) is 3.92. The van der Waals surface area contributed by atoms with Gasteiger partial charge in [0.2, 0.25) is 5.91 Å². The van der Waals surface area contributed by atoms with Gasteiger partial charge in [-0.2, -0.15) is 0 Å². The van der Waals surface area contributed by atoms with Gasteiger partial charge in [0.05, 0.1) is 11.3 Å². The first kappa shape index (κ1) is 19.6. The largest absolute Gasteiger partial charge is 0.478 e. The lowest BCUT2D eigenvalue weighted by atomic mass is 9.85. The van der Waals surface area contributed by atoms with Gasteiger partial charge in [0.1, 0.15) is 0 Å². The molecule has 2 N–H and O–H groups in total. The van der Waals surface area contributed by atoms with Crippen LogP contribution in [-0.2, 0) is 4.79 Å². The topological polar surface area (TPSA) is 72.9 Å². The molecule has 0 bridgehead atoms. The summed E-state index contributed by atoms with van der Waals surface area (Å²) in [5.74, 6) is -1.10. The van der Waals surface area contributed by atoms with Crippen LogP contribution in [0.15, 0.2) is 42.5 Å². The minimum Gasteiger partial charge on any atom is -0.478 e. The summed E-state index contributed by atoms with van der Waals surface area (Å²) in [5.41, 5.74) is 2.50. The summed E-state index contributed by atoms with van der Waals surface area (Å²) in [6, 6.07) is 13.1. The van der Waals surface area contributed by atoms with Crippen LogP contribution in [0.25, 0.3) is 0 Å². The van der Waals surface area contributed by atoms with Gasteiger partial charge in [0, 0.05) is 48.5 Å². The quantitative estimate of drug-likeness (QED) is 0.771. The van der Waals surface area contributed by atoms with Crippen LogP contribution in [-0.4, -0.2) is 43.2 Å².